The van der Waals surface area contributed by atoms with Crippen molar-refractivity contribution in [1.29, 1.82) is 0 Å². The largest absolute Gasteiger partial charge is 0.305 e. The predicted octanol–water partition coefficient (Wildman–Crippen LogP) is 7.29. The molecule has 0 unspecified atom stereocenters. The maximum atomic E-state index is 15.6. The summed E-state index contributed by atoms with van der Waals surface area (Å²) in [5.74, 6) is -0.151. The molecule has 0 saturated carbocycles. The van der Waals surface area contributed by atoms with Crippen LogP contribution < -0.4 is 9.75 Å². The third kappa shape index (κ3) is 2.52. The fraction of sp³-hybridized carbons (Fsp3) is 0.300. The lowest BCUT2D eigenvalue weighted by atomic mass is 9.96. The van der Waals surface area contributed by atoms with Gasteiger partial charge in [0.05, 0.1) is 35.4 Å². The summed E-state index contributed by atoms with van der Waals surface area (Å²) in [6.07, 6.45) is 2.20. The molecule has 3 aromatic heterocycles. The van der Waals surface area contributed by atoms with Gasteiger partial charge < -0.3 is 4.40 Å². The summed E-state index contributed by atoms with van der Waals surface area (Å²) in [6, 6.07) is 18.6. The summed E-state index contributed by atoms with van der Waals surface area (Å²) >= 11 is 0. The Labute approximate surface area is 201 Å². The van der Waals surface area contributed by atoms with Crippen LogP contribution in [-0.4, -0.2) is 12.5 Å². The number of fused-ring (bicyclic) bond motifs is 5. The van der Waals surface area contributed by atoms with E-state index in [0.29, 0.717) is 5.52 Å². The molecular weight excluding hydrogens is 435 g/mol. The van der Waals surface area contributed by atoms with Crippen molar-refractivity contribution in [3.63, 3.8) is 0 Å². The van der Waals surface area contributed by atoms with E-state index >= 15 is 4.39 Å². The Hall–Kier alpha value is -2.98. The topological polar surface area (TPSA) is 8.29 Å². The molecule has 172 valence electrons. The summed E-state index contributed by atoms with van der Waals surface area (Å²) in [5, 5.41) is 7.39. The minimum absolute atomic E-state index is 0.151. The van der Waals surface area contributed by atoms with Crippen LogP contribution in [0.1, 0.15) is 31.9 Å². The number of hydrogen-bond donors (Lipinski definition) is 0. The molecule has 0 N–H and O–H groups in total. The second-order valence-corrected chi connectivity index (χ2v) is 15.4. The van der Waals surface area contributed by atoms with Gasteiger partial charge >= 0.3 is 0 Å². The highest BCUT2D eigenvalue weighted by molar-refractivity contribution is 6.92. The Morgan fingerprint density at radius 3 is 2.32 bits per heavy atom. The number of halogens is 1. The highest BCUT2D eigenvalue weighted by atomic mass is 28.3. The Kier molecular flexibility index (Phi) is 4.60. The molecule has 3 aromatic carbocycles. The third-order valence-corrected chi connectivity index (χ3v) is 14.5. The Balaban J connectivity index is 2.02. The van der Waals surface area contributed by atoms with Crippen molar-refractivity contribution in [1.82, 2.24) is 4.40 Å². The van der Waals surface area contributed by atoms with Crippen molar-refractivity contribution in [3.05, 3.63) is 65.6 Å². The van der Waals surface area contributed by atoms with Crippen LogP contribution in [-0.2, 0) is 7.05 Å². The zero-order valence-electron chi connectivity index (χ0n) is 21.0. The lowest BCUT2D eigenvalue weighted by Crippen LogP contribution is -2.45. The minimum Gasteiger partial charge on any atom is -0.305 e. The van der Waals surface area contributed by atoms with Crippen LogP contribution in [0.5, 0.6) is 0 Å². The molecule has 3 heterocycles. The van der Waals surface area contributed by atoms with E-state index in [-0.39, 0.29) is 5.82 Å². The monoisotopic (exact) mass is 467 g/mol. The van der Waals surface area contributed by atoms with Gasteiger partial charge in [-0.2, -0.15) is 0 Å². The molecule has 0 aliphatic carbocycles. The SMILES string of the molecule is CC[Si](CC)(CC)c1cc2cc[n+](C)c3c4c(C)c(C)cc5c6cccc(F)c6n(c(c1)c23)c54. The fourth-order valence-electron chi connectivity index (χ4n) is 6.57. The van der Waals surface area contributed by atoms with E-state index in [1.54, 1.807) is 6.07 Å². The van der Waals surface area contributed by atoms with Crippen molar-refractivity contribution >= 4 is 62.3 Å². The Morgan fingerprint density at radius 2 is 1.62 bits per heavy atom. The van der Waals surface area contributed by atoms with Crippen LogP contribution in [0.15, 0.2) is 48.7 Å². The van der Waals surface area contributed by atoms with Gasteiger partial charge in [0, 0.05) is 16.8 Å². The molecule has 0 fully saturated rings. The zero-order valence-corrected chi connectivity index (χ0v) is 22.0. The Bertz CT molecular complexity index is 1750. The molecule has 0 aliphatic heterocycles. The van der Waals surface area contributed by atoms with E-state index in [2.05, 4.69) is 87.2 Å². The van der Waals surface area contributed by atoms with Crippen molar-refractivity contribution < 1.29 is 8.96 Å². The summed E-state index contributed by atoms with van der Waals surface area (Å²) in [7, 11) is 0.507. The first-order chi connectivity index (χ1) is 16.4. The van der Waals surface area contributed by atoms with Crippen LogP contribution in [0, 0.1) is 19.7 Å². The van der Waals surface area contributed by atoms with Gasteiger partial charge in [0.1, 0.15) is 12.9 Å². The van der Waals surface area contributed by atoms with Crippen LogP contribution in [0.4, 0.5) is 4.39 Å². The van der Waals surface area contributed by atoms with E-state index in [0.717, 1.165) is 21.8 Å². The molecule has 4 heteroatoms. The predicted molar refractivity (Wildman–Crippen MR) is 146 cm³/mol. The molecule has 0 radical (unpaired) electrons. The van der Waals surface area contributed by atoms with Gasteiger partial charge in [0.2, 0.25) is 5.52 Å². The molecule has 6 rings (SSSR count). The number of aryl methyl sites for hydroxylation is 3. The van der Waals surface area contributed by atoms with Crippen LogP contribution in [0.3, 0.4) is 0 Å². The smallest absolute Gasteiger partial charge is 0.224 e. The number of aromatic nitrogens is 2. The maximum Gasteiger partial charge on any atom is 0.224 e. The summed E-state index contributed by atoms with van der Waals surface area (Å²) in [6.45, 7) is 11.5. The van der Waals surface area contributed by atoms with Gasteiger partial charge in [-0.3, -0.25) is 0 Å². The fourth-order valence-corrected chi connectivity index (χ4v) is 10.2. The van der Waals surface area contributed by atoms with E-state index in [1.165, 1.54) is 56.1 Å². The number of hydrogen-bond acceptors (Lipinski definition) is 0. The standard InChI is InChI=1S/C30H32FN2Si/c1-7-34(8-2,9-3)21-16-20-13-14-32(6)30-26-19(5)18(4)15-23-22-11-10-12-24(31)28(22)33(29(23)26)25(17-21)27(20)30/h10-17H,7-9H2,1-6H3/q+1. The molecule has 0 spiro atoms. The molecule has 34 heavy (non-hydrogen) atoms. The lowest BCUT2D eigenvalue weighted by molar-refractivity contribution is -0.643. The highest BCUT2D eigenvalue weighted by Gasteiger charge is 2.32. The molecule has 2 nitrogen and oxygen atoms in total. The first-order valence-corrected chi connectivity index (χ1v) is 15.2. The number of para-hydroxylation sites is 1. The molecular formula is C30H32FN2Si+. The molecule has 0 saturated heterocycles. The van der Waals surface area contributed by atoms with E-state index in [1.807, 2.05) is 6.07 Å². The van der Waals surface area contributed by atoms with Gasteiger partial charge in [-0.05, 0) is 48.6 Å². The molecule has 6 aromatic rings. The normalized spacial score (nSPS) is 12.9. The summed E-state index contributed by atoms with van der Waals surface area (Å²) in [5.41, 5.74) is 6.76. The molecule has 0 amide bonds. The summed E-state index contributed by atoms with van der Waals surface area (Å²) < 4.78 is 20.1. The average Bonchev–Trinajstić information content (AvgIpc) is 3.17. The number of pyridine rings is 2. The van der Waals surface area contributed by atoms with E-state index in [9.17, 15) is 0 Å². The second-order valence-electron chi connectivity index (χ2n) is 10.1. The first-order valence-electron chi connectivity index (χ1n) is 12.6. The highest BCUT2D eigenvalue weighted by Crippen LogP contribution is 2.42. The van der Waals surface area contributed by atoms with Gasteiger partial charge in [0.25, 0.3) is 0 Å². The van der Waals surface area contributed by atoms with Crippen molar-refractivity contribution in [2.24, 2.45) is 7.05 Å². The van der Waals surface area contributed by atoms with Crippen molar-refractivity contribution in [2.45, 2.75) is 52.8 Å². The van der Waals surface area contributed by atoms with Gasteiger partial charge in [-0.15, -0.1) is 0 Å². The zero-order chi connectivity index (χ0) is 23.9. The number of benzene rings is 3. The van der Waals surface area contributed by atoms with Gasteiger partial charge in [-0.1, -0.05) is 62.3 Å². The molecule has 0 atom stereocenters. The first kappa shape index (κ1) is 21.5. The maximum absolute atomic E-state index is 15.6. The Morgan fingerprint density at radius 1 is 0.882 bits per heavy atom. The number of nitrogens with zero attached hydrogens (tertiary/aromatic N) is 2. The molecule has 0 bridgehead atoms. The van der Waals surface area contributed by atoms with Gasteiger partial charge in [-0.25, -0.2) is 8.96 Å². The van der Waals surface area contributed by atoms with E-state index in [4.69, 9.17) is 0 Å². The number of rotatable bonds is 4. The van der Waals surface area contributed by atoms with Crippen molar-refractivity contribution in [3.8, 4) is 0 Å². The summed E-state index contributed by atoms with van der Waals surface area (Å²) in [4.78, 5) is 0. The second kappa shape index (κ2) is 7.26. The van der Waals surface area contributed by atoms with Gasteiger partial charge in [0.15, 0.2) is 6.20 Å². The van der Waals surface area contributed by atoms with Crippen LogP contribution >= 0.6 is 0 Å². The average molecular weight is 468 g/mol. The quantitative estimate of drug-likeness (QED) is 0.111. The van der Waals surface area contributed by atoms with Crippen LogP contribution in [0.25, 0.3) is 49.0 Å². The molecule has 0 aliphatic rings. The lowest BCUT2D eigenvalue weighted by Gasteiger charge is -2.29. The van der Waals surface area contributed by atoms with Crippen LogP contribution in [0.2, 0.25) is 18.1 Å². The van der Waals surface area contributed by atoms with Crippen molar-refractivity contribution in [2.75, 3.05) is 0 Å². The van der Waals surface area contributed by atoms with E-state index < -0.39 is 8.07 Å². The third-order valence-electron chi connectivity index (χ3n) is 8.88. The minimum atomic E-state index is -1.63.